The predicted molar refractivity (Wildman–Crippen MR) is 152 cm³/mol. The van der Waals surface area contributed by atoms with Crippen LogP contribution < -0.4 is 24.3 Å². The molecule has 0 aromatic heterocycles. The van der Waals surface area contributed by atoms with Gasteiger partial charge in [0.05, 0.1) is 45.4 Å². The van der Waals surface area contributed by atoms with Crippen molar-refractivity contribution in [1.82, 2.24) is 0 Å². The van der Waals surface area contributed by atoms with E-state index in [1.807, 2.05) is 0 Å². The molecule has 3 rings (SSSR count). The highest BCUT2D eigenvalue weighted by molar-refractivity contribution is 9.10. The summed E-state index contributed by atoms with van der Waals surface area (Å²) in [4.78, 5) is 12.4. The Morgan fingerprint density at radius 3 is 2.08 bits per heavy atom. The lowest BCUT2D eigenvalue weighted by atomic mass is 10.1. The average molecular weight is 603 g/mol. The first-order valence-electron chi connectivity index (χ1n) is 11.3. The normalized spacial score (nSPS) is 11.5. The zero-order valence-corrected chi connectivity index (χ0v) is 23.8. The van der Waals surface area contributed by atoms with E-state index in [9.17, 15) is 13.2 Å². The number of sulfone groups is 1. The fraction of sp³-hybridized carbons (Fsp3) is 0.179. The number of methoxy groups -OCH3 is 4. The molecule has 0 bridgehead atoms. The second-order valence-electron chi connectivity index (χ2n) is 7.94. The van der Waals surface area contributed by atoms with Crippen molar-refractivity contribution in [3.8, 4) is 23.0 Å². The molecule has 0 amide bonds. The first-order chi connectivity index (χ1) is 18.2. The topological polar surface area (TPSA) is 100 Å². The minimum Gasteiger partial charge on any atom is -0.496 e. The fourth-order valence-electron chi connectivity index (χ4n) is 3.52. The summed E-state index contributed by atoms with van der Waals surface area (Å²) >= 11 is 3.34. The SMILES string of the molecule is COc1cc(OC)c(/C=C/S(=O)(=O)Cc2ccc(OC)c(N/C=C/C(=O)c3ccc(Br)cc3)c2)c(OC)c1. The molecule has 0 saturated carbocycles. The van der Waals surface area contributed by atoms with Crippen LogP contribution in [0.25, 0.3) is 6.08 Å². The highest BCUT2D eigenvalue weighted by atomic mass is 79.9. The van der Waals surface area contributed by atoms with Gasteiger partial charge in [-0.2, -0.15) is 0 Å². The van der Waals surface area contributed by atoms with Gasteiger partial charge in [-0.3, -0.25) is 4.79 Å². The number of hydrogen-bond donors (Lipinski definition) is 1. The van der Waals surface area contributed by atoms with Crippen LogP contribution in [-0.2, 0) is 15.6 Å². The lowest BCUT2D eigenvalue weighted by Crippen LogP contribution is -2.02. The quantitative estimate of drug-likeness (QED) is 0.203. The van der Waals surface area contributed by atoms with Gasteiger partial charge in [-0.05, 0) is 48.0 Å². The van der Waals surface area contributed by atoms with E-state index in [0.29, 0.717) is 45.4 Å². The second kappa shape index (κ2) is 13.2. The van der Waals surface area contributed by atoms with Crippen LogP contribution in [0.2, 0.25) is 0 Å². The van der Waals surface area contributed by atoms with Crippen LogP contribution in [0, 0.1) is 0 Å². The molecule has 1 N–H and O–H groups in total. The molecule has 0 fully saturated rings. The number of rotatable bonds is 12. The van der Waals surface area contributed by atoms with Crippen molar-refractivity contribution in [2.24, 2.45) is 0 Å². The van der Waals surface area contributed by atoms with Crippen LogP contribution in [0.1, 0.15) is 21.5 Å². The largest absolute Gasteiger partial charge is 0.496 e. The van der Waals surface area contributed by atoms with Crippen LogP contribution in [-0.4, -0.2) is 42.6 Å². The zero-order valence-electron chi connectivity index (χ0n) is 21.4. The number of allylic oxidation sites excluding steroid dienone is 1. The highest BCUT2D eigenvalue weighted by Gasteiger charge is 2.15. The molecule has 0 heterocycles. The van der Waals surface area contributed by atoms with Gasteiger partial charge < -0.3 is 24.3 Å². The van der Waals surface area contributed by atoms with Crippen molar-refractivity contribution < 1.29 is 32.2 Å². The van der Waals surface area contributed by atoms with Crippen LogP contribution in [0.4, 0.5) is 5.69 Å². The third-order valence-corrected chi connectivity index (χ3v) is 7.24. The smallest absolute Gasteiger partial charge is 0.187 e. The summed E-state index contributed by atoms with van der Waals surface area (Å²) in [7, 11) is 2.30. The van der Waals surface area contributed by atoms with E-state index in [1.54, 1.807) is 54.6 Å². The summed E-state index contributed by atoms with van der Waals surface area (Å²) in [6.07, 6.45) is 4.32. The van der Waals surface area contributed by atoms with E-state index in [4.69, 9.17) is 18.9 Å². The monoisotopic (exact) mass is 601 g/mol. The van der Waals surface area contributed by atoms with Crippen molar-refractivity contribution in [3.63, 3.8) is 0 Å². The summed E-state index contributed by atoms with van der Waals surface area (Å²) in [5.41, 5.74) is 2.05. The number of hydrogen-bond acceptors (Lipinski definition) is 8. The molecule has 8 nitrogen and oxygen atoms in total. The Labute approximate surface area is 230 Å². The molecule has 0 aliphatic carbocycles. The Morgan fingerprint density at radius 1 is 0.868 bits per heavy atom. The van der Waals surface area contributed by atoms with Gasteiger partial charge in [0.15, 0.2) is 15.6 Å². The number of benzene rings is 3. The Balaban J connectivity index is 1.78. The highest BCUT2D eigenvalue weighted by Crippen LogP contribution is 2.35. The molecular weight excluding hydrogens is 574 g/mol. The number of ether oxygens (including phenoxy) is 4. The molecule has 0 atom stereocenters. The lowest BCUT2D eigenvalue weighted by Gasteiger charge is -2.12. The molecule has 0 aliphatic heterocycles. The first-order valence-corrected chi connectivity index (χ1v) is 13.8. The Kier molecular flexibility index (Phi) is 9.98. The minimum absolute atomic E-state index is 0.183. The van der Waals surface area contributed by atoms with Gasteiger partial charge in [-0.25, -0.2) is 8.42 Å². The second-order valence-corrected chi connectivity index (χ2v) is 10.7. The molecule has 38 heavy (non-hydrogen) atoms. The third-order valence-electron chi connectivity index (χ3n) is 5.43. The Morgan fingerprint density at radius 2 is 1.50 bits per heavy atom. The van der Waals surface area contributed by atoms with Crippen molar-refractivity contribution >= 4 is 43.3 Å². The Hall–Kier alpha value is -3.76. The van der Waals surface area contributed by atoms with Gasteiger partial charge in [0.2, 0.25) is 0 Å². The van der Waals surface area contributed by atoms with E-state index in [1.165, 1.54) is 46.8 Å². The van der Waals surface area contributed by atoms with Gasteiger partial charge in [-0.1, -0.05) is 22.0 Å². The molecule has 200 valence electrons. The molecule has 0 aliphatic rings. The first kappa shape index (κ1) is 28.8. The molecule has 10 heteroatoms. The number of anilines is 1. The van der Waals surface area contributed by atoms with Crippen molar-refractivity contribution in [2.45, 2.75) is 5.75 Å². The maximum Gasteiger partial charge on any atom is 0.187 e. The number of nitrogens with one attached hydrogen (secondary N) is 1. The lowest BCUT2D eigenvalue weighted by molar-refractivity contribution is 0.104. The molecule has 0 radical (unpaired) electrons. The Bertz CT molecular complexity index is 1420. The van der Waals surface area contributed by atoms with Gasteiger partial charge in [0.1, 0.15) is 23.0 Å². The number of ketones is 1. The minimum atomic E-state index is -3.68. The molecule has 0 spiro atoms. The van der Waals surface area contributed by atoms with E-state index in [2.05, 4.69) is 21.2 Å². The van der Waals surface area contributed by atoms with E-state index in [0.717, 1.165) is 9.88 Å². The van der Waals surface area contributed by atoms with Gasteiger partial charge in [0, 0.05) is 39.9 Å². The molecular formula is C28H28BrNO7S. The molecule has 3 aromatic carbocycles. The fourth-order valence-corrected chi connectivity index (χ4v) is 4.87. The van der Waals surface area contributed by atoms with Crippen molar-refractivity contribution in [3.05, 3.63) is 93.4 Å². The molecule has 0 saturated heterocycles. The molecule has 3 aromatic rings. The third kappa shape index (κ3) is 7.62. The van der Waals surface area contributed by atoms with Crippen molar-refractivity contribution in [2.75, 3.05) is 33.8 Å². The van der Waals surface area contributed by atoms with E-state index < -0.39 is 9.84 Å². The number of carbonyl (C=O) groups excluding carboxylic acids is 1. The van der Waals surface area contributed by atoms with E-state index in [-0.39, 0.29) is 11.5 Å². The molecule has 0 unspecified atom stereocenters. The van der Waals surface area contributed by atoms with Gasteiger partial charge >= 0.3 is 0 Å². The number of carbonyl (C=O) groups is 1. The summed E-state index contributed by atoms with van der Waals surface area (Å²) < 4.78 is 48.1. The summed E-state index contributed by atoms with van der Waals surface area (Å²) in [6.45, 7) is 0. The number of halogens is 1. The zero-order chi connectivity index (χ0) is 27.7. The van der Waals surface area contributed by atoms with Crippen LogP contribution >= 0.6 is 15.9 Å². The van der Waals surface area contributed by atoms with E-state index >= 15 is 0 Å². The average Bonchev–Trinajstić information content (AvgIpc) is 2.91. The van der Waals surface area contributed by atoms with Crippen LogP contribution in [0.15, 0.2) is 76.8 Å². The maximum absolute atomic E-state index is 12.9. The van der Waals surface area contributed by atoms with Gasteiger partial charge in [0.25, 0.3) is 0 Å². The van der Waals surface area contributed by atoms with Crippen molar-refractivity contribution in [1.29, 1.82) is 0 Å². The van der Waals surface area contributed by atoms with Crippen LogP contribution in [0.3, 0.4) is 0 Å². The summed E-state index contributed by atoms with van der Waals surface area (Å²) in [5.74, 6) is 1.39. The summed E-state index contributed by atoms with van der Waals surface area (Å²) in [5, 5.41) is 4.13. The van der Waals surface area contributed by atoms with Gasteiger partial charge in [-0.15, -0.1) is 0 Å². The summed E-state index contributed by atoms with van der Waals surface area (Å²) in [6, 6.07) is 15.3. The maximum atomic E-state index is 12.9. The van der Waals surface area contributed by atoms with Crippen LogP contribution in [0.5, 0.6) is 23.0 Å². The predicted octanol–water partition coefficient (Wildman–Crippen LogP) is 5.88. The standard InChI is InChI=1S/C28H28BrNO7S/c1-34-22-16-27(36-3)23(28(17-22)37-4)12-14-38(32,33)18-19-5-10-26(35-2)24(15-19)30-13-11-25(31)20-6-8-21(29)9-7-20/h5-17,30H,18H2,1-4H3/b13-11+,14-12+.